The third-order valence-corrected chi connectivity index (χ3v) is 5.17. The van der Waals surface area contributed by atoms with Crippen molar-refractivity contribution < 1.29 is 13.9 Å². The second kappa shape index (κ2) is 10.7. The van der Waals surface area contributed by atoms with Crippen LogP contribution in [0.5, 0.6) is 0 Å². The Bertz CT molecular complexity index is 1150. The second-order valence-corrected chi connectivity index (χ2v) is 7.39. The largest absolute Gasteiger partial charge is 0.468 e. The molecule has 0 spiro atoms. The third-order valence-electron chi connectivity index (χ3n) is 5.17. The Morgan fingerprint density at radius 3 is 2.72 bits per heavy atom. The van der Waals surface area contributed by atoms with E-state index in [2.05, 4.69) is 15.2 Å². The Kier molecular flexibility index (Phi) is 7.22. The van der Waals surface area contributed by atoms with E-state index < -0.39 is 0 Å². The van der Waals surface area contributed by atoms with E-state index >= 15 is 0 Å². The summed E-state index contributed by atoms with van der Waals surface area (Å²) in [6.07, 6.45) is 3.39. The lowest BCUT2D eigenvalue weighted by atomic mass is 10.1. The van der Waals surface area contributed by atoms with Gasteiger partial charge in [-0.05, 0) is 36.4 Å². The maximum atomic E-state index is 13.1. The predicted octanol–water partition coefficient (Wildman–Crippen LogP) is 3.77. The number of hydrogen-bond donors (Lipinski definition) is 1. The molecule has 32 heavy (non-hydrogen) atoms. The lowest BCUT2D eigenvalue weighted by Crippen LogP contribution is -2.36. The van der Waals surface area contributed by atoms with Gasteiger partial charge in [0, 0.05) is 38.3 Å². The van der Waals surface area contributed by atoms with Crippen molar-refractivity contribution in [3.8, 4) is 11.4 Å². The monoisotopic (exact) mass is 430 g/mol. The molecule has 7 nitrogen and oxygen atoms in total. The van der Waals surface area contributed by atoms with E-state index in [9.17, 15) is 4.79 Å². The van der Waals surface area contributed by atoms with E-state index in [1.807, 2.05) is 60.7 Å². The molecule has 0 aliphatic rings. The molecule has 1 N–H and O–H groups in total. The Morgan fingerprint density at radius 1 is 1.06 bits per heavy atom. The summed E-state index contributed by atoms with van der Waals surface area (Å²) in [7, 11) is 1.68. The second-order valence-electron chi connectivity index (χ2n) is 7.39. The molecule has 0 saturated heterocycles. The normalized spacial score (nSPS) is 11.2. The highest BCUT2D eigenvalue weighted by Gasteiger charge is 2.15. The standard InChI is InChI=1S/C25H26N4O3/c1-31-16-14-29(18-19-7-6-15-32-19)13-12-27-25(30)21-17-24(23-10-4-5-11-26-23)28-22-9-3-2-8-20(21)22/h2-11,15,17H,12-14,16,18H2,1H3,(H,27,30). The van der Waals surface area contributed by atoms with Crippen molar-refractivity contribution in [3.05, 3.63) is 84.4 Å². The fourth-order valence-corrected chi connectivity index (χ4v) is 3.54. The number of nitrogens with zero attached hydrogens (tertiary/aromatic N) is 3. The minimum Gasteiger partial charge on any atom is -0.468 e. The van der Waals surface area contributed by atoms with Gasteiger partial charge in [0.1, 0.15) is 5.76 Å². The summed E-state index contributed by atoms with van der Waals surface area (Å²) >= 11 is 0. The van der Waals surface area contributed by atoms with Crippen LogP contribution in [-0.2, 0) is 11.3 Å². The van der Waals surface area contributed by atoms with Gasteiger partial charge in [0.05, 0.1) is 41.9 Å². The fourth-order valence-electron chi connectivity index (χ4n) is 3.54. The molecule has 0 bridgehead atoms. The first-order valence-electron chi connectivity index (χ1n) is 10.6. The van der Waals surface area contributed by atoms with Crippen LogP contribution in [0.3, 0.4) is 0 Å². The molecule has 0 saturated carbocycles. The number of fused-ring (bicyclic) bond motifs is 1. The Hall–Kier alpha value is -3.55. The minimum absolute atomic E-state index is 0.134. The van der Waals surface area contributed by atoms with Gasteiger partial charge in [-0.2, -0.15) is 0 Å². The van der Waals surface area contributed by atoms with Crippen LogP contribution < -0.4 is 5.32 Å². The summed E-state index contributed by atoms with van der Waals surface area (Å²) < 4.78 is 10.7. The molecule has 0 aliphatic carbocycles. The minimum atomic E-state index is -0.134. The highest BCUT2D eigenvalue weighted by molar-refractivity contribution is 6.07. The van der Waals surface area contributed by atoms with Crippen LogP contribution in [0.25, 0.3) is 22.3 Å². The van der Waals surface area contributed by atoms with Crippen LogP contribution in [0, 0.1) is 0 Å². The van der Waals surface area contributed by atoms with Crippen LogP contribution >= 0.6 is 0 Å². The summed E-state index contributed by atoms with van der Waals surface area (Å²) in [5.41, 5.74) is 2.76. The number of nitrogens with one attached hydrogen (secondary N) is 1. The Balaban J connectivity index is 1.49. The van der Waals surface area contributed by atoms with Crippen LogP contribution in [0.15, 0.2) is 77.5 Å². The molecule has 4 rings (SSSR count). The summed E-state index contributed by atoms with van der Waals surface area (Å²) in [5, 5.41) is 3.87. The van der Waals surface area contributed by atoms with Crippen LogP contribution in [0.4, 0.5) is 0 Å². The van der Waals surface area contributed by atoms with Gasteiger partial charge in [0.2, 0.25) is 0 Å². The van der Waals surface area contributed by atoms with Gasteiger partial charge < -0.3 is 14.5 Å². The highest BCUT2D eigenvalue weighted by atomic mass is 16.5. The van der Waals surface area contributed by atoms with Crippen molar-refractivity contribution in [2.24, 2.45) is 0 Å². The van der Waals surface area contributed by atoms with Gasteiger partial charge in [0.25, 0.3) is 5.91 Å². The number of benzene rings is 1. The van der Waals surface area contributed by atoms with Crippen LogP contribution in [0.2, 0.25) is 0 Å². The van der Waals surface area contributed by atoms with E-state index in [1.54, 1.807) is 19.6 Å². The van der Waals surface area contributed by atoms with Crippen molar-refractivity contribution in [3.63, 3.8) is 0 Å². The van der Waals surface area contributed by atoms with Gasteiger partial charge >= 0.3 is 0 Å². The van der Waals surface area contributed by atoms with Gasteiger partial charge in [-0.3, -0.25) is 14.7 Å². The number of carbonyl (C=O) groups excluding carboxylic acids is 1. The molecule has 1 aromatic carbocycles. The van der Waals surface area contributed by atoms with Crippen LogP contribution in [-0.4, -0.2) is 54.1 Å². The smallest absolute Gasteiger partial charge is 0.252 e. The molecular weight excluding hydrogens is 404 g/mol. The summed E-state index contributed by atoms with van der Waals surface area (Å²) in [6, 6.07) is 18.9. The molecule has 0 aliphatic heterocycles. The zero-order valence-electron chi connectivity index (χ0n) is 18.0. The van der Waals surface area contributed by atoms with Gasteiger partial charge in [-0.1, -0.05) is 24.3 Å². The molecule has 1 amide bonds. The summed E-state index contributed by atoms with van der Waals surface area (Å²) in [6.45, 7) is 3.19. The SMILES string of the molecule is COCCN(CCNC(=O)c1cc(-c2ccccn2)nc2ccccc12)Cc1ccco1. The number of carbonyl (C=O) groups is 1. The molecule has 164 valence electrons. The number of hydrogen-bond acceptors (Lipinski definition) is 6. The maximum Gasteiger partial charge on any atom is 0.252 e. The Labute approximate surface area is 187 Å². The number of aromatic nitrogens is 2. The molecule has 0 radical (unpaired) electrons. The Morgan fingerprint density at radius 2 is 1.94 bits per heavy atom. The van der Waals surface area contributed by atoms with Gasteiger partial charge in [-0.15, -0.1) is 0 Å². The van der Waals surface area contributed by atoms with Crippen molar-refractivity contribution in [2.75, 3.05) is 33.4 Å². The van der Waals surface area contributed by atoms with E-state index in [4.69, 9.17) is 14.1 Å². The number of rotatable bonds is 10. The average molecular weight is 431 g/mol. The number of para-hydroxylation sites is 1. The van der Waals surface area contributed by atoms with E-state index in [1.165, 1.54) is 0 Å². The molecule has 0 atom stereocenters. The highest BCUT2D eigenvalue weighted by Crippen LogP contribution is 2.23. The number of pyridine rings is 2. The zero-order valence-corrected chi connectivity index (χ0v) is 18.0. The van der Waals surface area contributed by atoms with Crippen molar-refractivity contribution in [1.29, 1.82) is 0 Å². The third kappa shape index (κ3) is 5.38. The van der Waals surface area contributed by atoms with Crippen molar-refractivity contribution >= 4 is 16.8 Å². The summed E-state index contributed by atoms with van der Waals surface area (Å²) in [4.78, 5) is 24.4. The first kappa shape index (κ1) is 21.7. The molecular formula is C25H26N4O3. The number of furan rings is 1. The first-order chi connectivity index (χ1) is 15.7. The summed E-state index contributed by atoms with van der Waals surface area (Å²) in [5.74, 6) is 0.748. The van der Waals surface area contributed by atoms with E-state index in [0.29, 0.717) is 37.5 Å². The number of amides is 1. The average Bonchev–Trinajstić information content (AvgIpc) is 3.35. The molecule has 3 heterocycles. The number of methoxy groups -OCH3 is 1. The predicted molar refractivity (Wildman–Crippen MR) is 123 cm³/mol. The topological polar surface area (TPSA) is 80.5 Å². The van der Waals surface area contributed by atoms with Gasteiger partial charge in [0.15, 0.2) is 0 Å². The zero-order chi connectivity index (χ0) is 22.2. The lowest BCUT2D eigenvalue weighted by molar-refractivity contribution is 0.0943. The van der Waals surface area contributed by atoms with Crippen molar-refractivity contribution in [2.45, 2.75) is 6.54 Å². The molecule has 4 aromatic rings. The maximum absolute atomic E-state index is 13.1. The van der Waals surface area contributed by atoms with Crippen molar-refractivity contribution in [1.82, 2.24) is 20.2 Å². The van der Waals surface area contributed by atoms with Gasteiger partial charge in [-0.25, -0.2) is 4.98 Å². The first-order valence-corrected chi connectivity index (χ1v) is 10.6. The number of ether oxygens (including phenoxy) is 1. The lowest BCUT2D eigenvalue weighted by Gasteiger charge is -2.21. The fraction of sp³-hybridized carbons (Fsp3) is 0.240. The van der Waals surface area contributed by atoms with Crippen LogP contribution in [0.1, 0.15) is 16.1 Å². The van der Waals surface area contributed by atoms with E-state index in [-0.39, 0.29) is 5.91 Å². The molecule has 0 fully saturated rings. The molecule has 0 unspecified atom stereocenters. The quantitative estimate of drug-likeness (QED) is 0.413. The molecule has 3 aromatic heterocycles. The molecule has 7 heteroatoms. The van der Waals surface area contributed by atoms with E-state index in [0.717, 1.165) is 28.9 Å².